The molecule has 0 aliphatic carbocycles. The fourth-order valence-corrected chi connectivity index (χ4v) is 1.49. The van der Waals surface area contributed by atoms with Crippen molar-refractivity contribution in [2.24, 2.45) is 0 Å². The van der Waals surface area contributed by atoms with Crippen LogP contribution in [-0.4, -0.2) is 18.6 Å². The van der Waals surface area contributed by atoms with E-state index >= 15 is 0 Å². The number of rotatable bonds is 7. The summed E-state index contributed by atoms with van der Waals surface area (Å²) in [6.07, 6.45) is 1.95. The third-order valence-electron chi connectivity index (χ3n) is 2.56. The molecule has 1 unspecified atom stereocenters. The zero-order valence-electron chi connectivity index (χ0n) is 11.2. The summed E-state index contributed by atoms with van der Waals surface area (Å²) in [6.45, 7) is 7.68. The van der Waals surface area contributed by atoms with Crippen molar-refractivity contribution >= 4 is 23.2 Å². The van der Waals surface area contributed by atoms with Crippen LogP contribution in [0.3, 0.4) is 0 Å². The number of ether oxygens (including phenoxy) is 1. The normalized spacial score (nSPS) is 11.7. The Balaban J connectivity index is 2.40. The first-order valence-electron chi connectivity index (χ1n) is 6.09. The Bertz CT molecular complexity index is 449. The molecule has 4 nitrogen and oxygen atoms in total. The Morgan fingerprint density at radius 2 is 2.32 bits per heavy atom. The van der Waals surface area contributed by atoms with E-state index < -0.39 is 6.10 Å². The summed E-state index contributed by atoms with van der Waals surface area (Å²) in [5.41, 5.74) is 7.08. The number of hydrogen-bond donors (Lipinski definition) is 2. The molecular weight excluding hydrogens is 264 g/mol. The SMILES string of the molecule is C=CCCOC(C)C(=O)NNc1ccc(C)c(Cl)c1. The molecular formula is C14H19ClN2O2. The van der Waals surface area contributed by atoms with Crippen LogP contribution in [0.5, 0.6) is 0 Å². The highest BCUT2D eigenvalue weighted by molar-refractivity contribution is 6.31. The highest BCUT2D eigenvalue weighted by Crippen LogP contribution is 2.19. The van der Waals surface area contributed by atoms with Crippen LogP contribution < -0.4 is 10.9 Å². The lowest BCUT2D eigenvalue weighted by Crippen LogP contribution is -2.38. The summed E-state index contributed by atoms with van der Waals surface area (Å²) in [5.74, 6) is -0.235. The number of benzene rings is 1. The predicted octanol–water partition coefficient (Wildman–Crippen LogP) is 3.07. The second kappa shape index (κ2) is 7.81. The van der Waals surface area contributed by atoms with Crippen LogP contribution in [-0.2, 0) is 9.53 Å². The van der Waals surface area contributed by atoms with Crippen molar-refractivity contribution in [3.05, 3.63) is 41.4 Å². The highest BCUT2D eigenvalue weighted by atomic mass is 35.5. The monoisotopic (exact) mass is 282 g/mol. The number of carbonyl (C=O) groups is 1. The molecule has 0 aliphatic heterocycles. The van der Waals surface area contributed by atoms with Gasteiger partial charge in [-0.3, -0.25) is 15.6 Å². The minimum Gasteiger partial charge on any atom is -0.368 e. The van der Waals surface area contributed by atoms with Gasteiger partial charge >= 0.3 is 0 Å². The van der Waals surface area contributed by atoms with Gasteiger partial charge in [0.1, 0.15) is 6.10 Å². The van der Waals surface area contributed by atoms with Crippen LogP contribution in [0.15, 0.2) is 30.9 Å². The number of aryl methyl sites for hydroxylation is 1. The van der Waals surface area contributed by atoms with Gasteiger partial charge in [0.15, 0.2) is 0 Å². The van der Waals surface area contributed by atoms with Crippen LogP contribution in [0, 0.1) is 6.92 Å². The first kappa shape index (κ1) is 15.5. The average Bonchev–Trinajstić information content (AvgIpc) is 2.40. The van der Waals surface area contributed by atoms with Crippen molar-refractivity contribution in [1.29, 1.82) is 0 Å². The van der Waals surface area contributed by atoms with Crippen LogP contribution in [0.25, 0.3) is 0 Å². The number of anilines is 1. The lowest BCUT2D eigenvalue weighted by Gasteiger charge is -2.14. The molecule has 0 aromatic heterocycles. The molecule has 0 radical (unpaired) electrons. The maximum atomic E-state index is 11.7. The fourth-order valence-electron chi connectivity index (χ4n) is 1.31. The number of hydrazine groups is 1. The molecule has 0 spiro atoms. The zero-order chi connectivity index (χ0) is 14.3. The topological polar surface area (TPSA) is 50.4 Å². The molecule has 1 rings (SSSR count). The molecule has 1 atom stereocenters. The van der Waals surface area contributed by atoms with Crippen LogP contribution in [0.4, 0.5) is 5.69 Å². The van der Waals surface area contributed by atoms with E-state index in [-0.39, 0.29) is 5.91 Å². The number of nitrogens with one attached hydrogen (secondary N) is 2. The first-order valence-corrected chi connectivity index (χ1v) is 6.47. The van der Waals surface area contributed by atoms with E-state index in [9.17, 15) is 4.79 Å². The standard InChI is InChI=1S/C14H19ClN2O2/c1-4-5-8-19-11(3)14(18)17-16-12-7-6-10(2)13(15)9-12/h4,6-7,9,11,16H,1,5,8H2,2-3H3,(H,17,18). The van der Waals surface area contributed by atoms with Gasteiger partial charge in [-0.2, -0.15) is 0 Å². The van der Waals surface area contributed by atoms with E-state index in [0.29, 0.717) is 11.6 Å². The highest BCUT2D eigenvalue weighted by Gasteiger charge is 2.12. The quantitative estimate of drug-likeness (QED) is 0.459. The smallest absolute Gasteiger partial charge is 0.267 e. The summed E-state index contributed by atoms with van der Waals surface area (Å²) < 4.78 is 5.33. The van der Waals surface area contributed by atoms with Gasteiger partial charge in [0.2, 0.25) is 0 Å². The molecule has 5 heteroatoms. The third-order valence-corrected chi connectivity index (χ3v) is 2.97. The minimum atomic E-state index is -0.520. The largest absolute Gasteiger partial charge is 0.368 e. The minimum absolute atomic E-state index is 0.235. The molecule has 0 bridgehead atoms. The second-order valence-corrected chi connectivity index (χ2v) is 4.58. The average molecular weight is 283 g/mol. The van der Waals surface area contributed by atoms with Crippen molar-refractivity contribution in [1.82, 2.24) is 5.43 Å². The molecule has 104 valence electrons. The van der Waals surface area contributed by atoms with Gasteiger partial charge in [-0.1, -0.05) is 23.7 Å². The Kier molecular flexibility index (Phi) is 6.39. The maximum Gasteiger partial charge on any atom is 0.267 e. The molecule has 0 saturated carbocycles. The summed E-state index contributed by atoms with van der Waals surface area (Å²) in [6, 6.07) is 5.46. The summed E-state index contributed by atoms with van der Waals surface area (Å²) in [4.78, 5) is 11.7. The van der Waals surface area contributed by atoms with Crippen LogP contribution in [0.2, 0.25) is 5.02 Å². The summed E-state index contributed by atoms with van der Waals surface area (Å²) >= 11 is 5.99. The lowest BCUT2D eigenvalue weighted by atomic mass is 10.2. The number of hydrogen-bond acceptors (Lipinski definition) is 3. The fraction of sp³-hybridized carbons (Fsp3) is 0.357. The lowest BCUT2D eigenvalue weighted by molar-refractivity contribution is -0.131. The molecule has 0 heterocycles. The van der Waals surface area contributed by atoms with Crippen LogP contribution >= 0.6 is 11.6 Å². The Labute approximate surface area is 118 Å². The van der Waals surface area contributed by atoms with E-state index in [1.807, 2.05) is 19.1 Å². The van der Waals surface area contributed by atoms with Crippen molar-refractivity contribution in [3.8, 4) is 0 Å². The maximum absolute atomic E-state index is 11.7. The van der Waals surface area contributed by atoms with Crippen molar-refractivity contribution in [3.63, 3.8) is 0 Å². The van der Waals surface area contributed by atoms with Gasteiger partial charge in [-0.15, -0.1) is 6.58 Å². The zero-order valence-corrected chi connectivity index (χ0v) is 12.0. The molecule has 1 aromatic rings. The van der Waals surface area contributed by atoms with E-state index in [1.54, 1.807) is 19.1 Å². The second-order valence-electron chi connectivity index (χ2n) is 4.17. The summed E-state index contributed by atoms with van der Waals surface area (Å²) in [5, 5.41) is 0.648. The first-order chi connectivity index (χ1) is 9.04. The van der Waals surface area contributed by atoms with Gasteiger partial charge in [-0.25, -0.2) is 0 Å². The number of halogens is 1. The van der Waals surface area contributed by atoms with Gasteiger partial charge in [-0.05, 0) is 38.0 Å². The Morgan fingerprint density at radius 1 is 1.58 bits per heavy atom. The van der Waals surface area contributed by atoms with Gasteiger partial charge < -0.3 is 4.74 Å². The Hall–Kier alpha value is -1.52. The van der Waals surface area contributed by atoms with E-state index in [2.05, 4.69) is 17.4 Å². The molecule has 19 heavy (non-hydrogen) atoms. The van der Waals surface area contributed by atoms with E-state index in [4.69, 9.17) is 16.3 Å². The Morgan fingerprint density at radius 3 is 2.95 bits per heavy atom. The van der Waals surface area contributed by atoms with Gasteiger partial charge in [0.05, 0.1) is 12.3 Å². The molecule has 0 fully saturated rings. The van der Waals surface area contributed by atoms with Crippen molar-refractivity contribution < 1.29 is 9.53 Å². The van der Waals surface area contributed by atoms with Crippen molar-refractivity contribution in [2.45, 2.75) is 26.4 Å². The molecule has 2 N–H and O–H groups in total. The third kappa shape index (κ3) is 5.32. The van der Waals surface area contributed by atoms with Crippen LogP contribution in [0.1, 0.15) is 18.9 Å². The number of carbonyl (C=O) groups excluding carboxylic acids is 1. The van der Waals surface area contributed by atoms with Gasteiger partial charge in [0.25, 0.3) is 5.91 Å². The van der Waals surface area contributed by atoms with Crippen molar-refractivity contribution in [2.75, 3.05) is 12.0 Å². The predicted molar refractivity (Wildman–Crippen MR) is 78.2 cm³/mol. The van der Waals surface area contributed by atoms with E-state index in [1.165, 1.54) is 0 Å². The van der Waals surface area contributed by atoms with Gasteiger partial charge in [0, 0.05) is 5.02 Å². The van der Waals surface area contributed by atoms with E-state index in [0.717, 1.165) is 17.7 Å². The molecule has 0 aliphatic rings. The molecule has 1 amide bonds. The number of amides is 1. The molecule has 1 aromatic carbocycles. The summed E-state index contributed by atoms with van der Waals surface area (Å²) in [7, 11) is 0. The molecule has 0 saturated heterocycles.